The van der Waals surface area contributed by atoms with E-state index in [2.05, 4.69) is 61.1 Å². The van der Waals surface area contributed by atoms with Crippen molar-refractivity contribution in [3.8, 4) is 0 Å². The Labute approximate surface area is 128 Å². The average molecular weight is 285 g/mol. The van der Waals surface area contributed by atoms with Crippen molar-refractivity contribution in [2.75, 3.05) is 13.6 Å². The molecule has 0 radical (unpaired) electrons. The minimum Gasteiger partial charge on any atom is -0.329 e. The minimum atomic E-state index is 0.264. The molecule has 0 bridgehead atoms. The molecule has 21 heavy (non-hydrogen) atoms. The number of hydrogen-bond acceptors (Lipinski definition) is 3. The van der Waals surface area contributed by atoms with E-state index in [4.69, 9.17) is 5.73 Å². The number of nitrogens with zero attached hydrogens (tertiary/aromatic N) is 2. The predicted octanol–water partition coefficient (Wildman–Crippen LogP) is 3.66. The first-order chi connectivity index (χ1) is 10.1. The molecule has 2 rings (SSSR count). The van der Waals surface area contributed by atoms with Gasteiger partial charge < -0.3 is 5.73 Å². The van der Waals surface area contributed by atoms with E-state index in [1.165, 1.54) is 10.9 Å². The Balaban J connectivity index is 2.35. The van der Waals surface area contributed by atoms with Gasteiger partial charge in [0.2, 0.25) is 0 Å². The van der Waals surface area contributed by atoms with Gasteiger partial charge in [0.25, 0.3) is 0 Å². The summed E-state index contributed by atoms with van der Waals surface area (Å²) in [5, 5.41) is 1.19. The van der Waals surface area contributed by atoms with Crippen molar-refractivity contribution >= 4 is 10.9 Å². The molecule has 0 fully saturated rings. The van der Waals surface area contributed by atoms with E-state index in [0.717, 1.165) is 24.1 Å². The Kier molecular flexibility index (Phi) is 5.32. The first-order valence-electron chi connectivity index (χ1n) is 7.90. The molecule has 1 aromatic carbocycles. The molecule has 2 N–H and O–H groups in total. The zero-order valence-corrected chi connectivity index (χ0v) is 13.6. The number of aryl methyl sites for hydroxylation is 1. The van der Waals surface area contributed by atoms with Crippen LogP contribution in [0.15, 0.2) is 30.3 Å². The molecule has 1 unspecified atom stereocenters. The topological polar surface area (TPSA) is 42.1 Å². The molecule has 3 heteroatoms. The molecule has 114 valence electrons. The highest BCUT2D eigenvalue weighted by Gasteiger charge is 2.21. The smallest absolute Gasteiger partial charge is 0.0705 e. The first-order valence-corrected chi connectivity index (χ1v) is 7.90. The zero-order chi connectivity index (χ0) is 15.4. The lowest BCUT2D eigenvalue weighted by Gasteiger charge is -2.34. The maximum Gasteiger partial charge on any atom is 0.0705 e. The fourth-order valence-corrected chi connectivity index (χ4v) is 3.11. The second-order valence-corrected chi connectivity index (χ2v) is 5.79. The van der Waals surface area contributed by atoms with Gasteiger partial charge in [0.05, 0.1) is 5.52 Å². The van der Waals surface area contributed by atoms with Crippen molar-refractivity contribution in [2.24, 2.45) is 5.73 Å². The van der Waals surface area contributed by atoms with Gasteiger partial charge in [-0.05, 0) is 50.6 Å². The average Bonchev–Trinajstić information content (AvgIpc) is 2.49. The molecular weight excluding hydrogens is 258 g/mol. The van der Waals surface area contributed by atoms with Gasteiger partial charge in [-0.15, -0.1) is 0 Å². The molecule has 0 spiro atoms. The second-order valence-electron chi connectivity index (χ2n) is 5.79. The van der Waals surface area contributed by atoms with Crippen LogP contribution in [0.1, 0.15) is 44.0 Å². The Hall–Kier alpha value is -1.45. The summed E-state index contributed by atoms with van der Waals surface area (Å²) in [7, 11) is 2.19. The van der Waals surface area contributed by atoms with E-state index in [1.807, 2.05) is 6.92 Å². The van der Waals surface area contributed by atoms with Gasteiger partial charge in [0.1, 0.15) is 0 Å². The minimum absolute atomic E-state index is 0.264. The summed E-state index contributed by atoms with van der Waals surface area (Å²) in [4.78, 5) is 6.99. The molecule has 1 aromatic heterocycles. The van der Waals surface area contributed by atoms with Crippen molar-refractivity contribution in [3.63, 3.8) is 0 Å². The third-order valence-electron chi connectivity index (χ3n) is 4.47. The van der Waals surface area contributed by atoms with E-state index >= 15 is 0 Å². The van der Waals surface area contributed by atoms with Crippen LogP contribution >= 0.6 is 0 Å². The zero-order valence-electron chi connectivity index (χ0n) is 13.6. The highest BCUT2D eigenvalue weighted by atomic mass is 15.2. The largest absolute Gasteiger partial charge is 0.329 e. The van der Waals surface area contributed by atoms with Crippen molar-refractivity contribution in [1.82, 2.24) is 9.88 Å². The fraction of sp³-hybridized carbons (Fsp3) is 0.500. The number of benzene rings is 1. The highest BCUT2D eigenvalue weighted by molar-refractivity contribution is 5.79. The van der Waals surface area contributed by atoms with E-state index in [0.29, 0.717) is 12.6 Å². The van der Waals surface area contributed by atoms with Gasteiger partial charge in [-0.25, -0.2) is 0 Å². The van der Waals surface area contributed by atoms with Crippen LogP contribution in [0.3, 0.4) is 0 Å². The monoisotopic (exact) mass is 285 g/mol. The molecular formula is C18H27N3. The maximum absolute atomic E-state index is 6.06. The van der Waals surface area contributed by atoms with Crippen LogP contribution in [0.2, 0.25) is 0 Å². The molecule has 0 aliphatic rings. The van der Waals surface area contributed by atoms with Crippen LogP contribution < -0.4 is 5.73 Å². The number of likely N-dealkylation sites (N-methyl/N-ethyl adjacent to an activating group) is 1. The summed E-state index contributed by atoms with van der Waals surface area (Å²) in [5.41, 5.74) is 9.46. The number of pyridine rings is 1. The second kappa shape index (κ2) is 7.01. The van der Waals surface area contributed by atoms with Crippen molar-refractivity contribution in [2.45, 2.75) is 45.7 Å². The van der Waals surface area contributed by atoms with Crippen molar-refractivity contribution < 1.29 is 0 Å². The fourth-order valence-electron chi connectivity index (χ4n) is 3.11. The van der Waals surface area contributed by atoms with Gasteiger partial charge >= 0.3 is 0 Å². The SMILES string of the molecule is CCC(CC)N(C)C(CN)c1ccc2nc(C)ccc2c1. The van der Waals surface area contributed by atoms with Gasteiger partial charge in [0.15, 0.2) is 0 Å². The summed E-state index contributed by atoms with van der Waals surface area (Å²) in [6, 6.07) is 11.6. The highest BCUT2D eigenvalue weighted by Crippen LogP contribution is 2.25. The number of aromatic nitrogens is 1. The predicted molar refractivity (Wildman–Crippen MR) is 90.4 cm³/mol. The molecule has 0 saturated heterocycles. The lowest BCUT2D eigenvalue weighted by atomic mass is 10.00. The normalized spacial score (nSPS) is 13.3. The summed E-state index contributed by atoms with van der Waals surface area (Å²) in [5.74, 6) is 0. The molecule has 1 atom stereocenters. The quantitative estimate of drug-likeness (QED) is 0.880. The molecule has 0 aliphatic heterocycles. The molecule has 0 saturated carbocycles. The third-order valence-corrected chi connectivity index (χ3v) is 4.47. The number of hydrogen-bond donors (Lipinski definition) is 1. The van der Waals surface area contributed by atoms with Crippen LogP contribution in [0.25, 0.3) is 10.9 Å². The van der Waals surface area contributed by atoms with Gasteiger partial charge in [-0.1, -0.05) is 26.0 Å². The standard InChI is InChI=1S/C18H27N3/c1-5-16(6-2)21(4)18(12-19)15-9-10-17-14(11-15)8-7-13(3)20-17/h7-11,16,18H,5-6,12,19H2,1-4H3. The number of rotatable bonds is 6. The summed E-state index contributed by atoms with van der Waals surface area (Å²) >= 11 is 0. The van der Waals surface area contributed by atoms with Crippen LogP contribution in [0, 0.1) is 6.92 Å². The van der Waals surface area contributed by atoms with Crippen LogP contribution in [0.4, 0.5) is 0 Å². The Morgan fingerprint density at radius 3 is 2.48 bits per heavy atom. The lowest BCUT2D eigenvalue weighted by molar-refractivity contribution is 0.168. The van der Waals surface area contributed by atoms with Gasteiger partial charge in [-0.2, -0.15) is 0 Å². The van der Waals surface area contributed by atoms with Crippen LogP contribution in [-0.4, -0.2) is 29.5 Å². The Bertz CT molecular complexity index is 590. The van der Waals surface area contributed by atoms with Crippen LogP contribution in [-0.2, 0) is 0 Å². The molecule has 2 aromatic rings. The molecule has 0 aliphatic carbocycles. The van der Waals surface area contributed by atoms with E-state index in [-0.39, 0.29) is 6.04 Å². The Morgan fingerprint density at radius 1 is 1.14 bits per heavy atom. The van der Waals surface area contributed by atoms with E-state index < -0.39 is 0 Å². The van der Waals surface area contributed by atoms with Crippen molar-refractivity contribution in [3.05, 3.63) is 41.6 Å². The van der Waals surface area contributed by atoms with E-state index in [9.17, 15) is 0 Å². The van der Waals surface area contributed by atoms with Crippen LogP contribution in [0.5, 0.6) is 0 Å². The summed E-state index contributed by atoms with van der Waals surface area (Å²) < 4.78 is 0. The lowest BCUT2D eigenvalue weighted by Crippen LogP contribution is -2.38. The Morgan fingerprint density at radius 2 is 1.86 bits per heavy atom. The number of fused-ring (bicyclic) bond motifs is 1. The molecule has 0 amide bonds. The van der Waals surface area contributed by atoms with Gasteiger partial charge in [-0.3, -0.25) is 9.88 Å². The maximum atomic E-state index is 6.06. The third kappa shape index (κ3) is 3.42. The van der Waals surface area contributed by atoms with Gasteiger partial charge in [0, 0.05) is 29.7 Å². The first kappa shape index (κ1) is 15.9. The summed E-state index contributed by atoms with van der Waals surface area (Å²) in [6.45, 7) is 7.14. The summed E-state index contributed by atoms with van der Waals surface area (Å²) in [6.07, 6.45) is 2.30. The molecule has 3 nitrogen and oxygen atoms in total. The van der Waals surface area contributed by atoms with Crippen molar-refractivity contribution in [1.29, 1.82) is 0 Å². The molecule has 1 heterocycles. The van der Waals surface area contributed by atoms with E-state index in [1.54, 1.807) is 0 Å². The number of nitrogens with two attached hydrogens (primary N) is 1.